The first-order chi connectivity index (χ1) is 15.6. The molecular formula is C28H33NO3. The molecule has 0 bridgehead atoms. The molecule has 0 heterocycles. The van der Waals surface area contributed by atoms with Crippen molar-refractivity contribution in [2.45, 2.75) is 52.1 Å². The molecule has 0 fully saturated rings. The number of carbonyl (C=O) groups excluding carboxylic acids is 1. The van der Waals surface area contributed by atoms with Gasteiger partial charge in [0.15, 0.2) is 6.10 Å². The maximum absolute atomic E-state index is 12.9. The SMILES string of the molecule is CCC(Oc1ccccc1C(C)CC)C(=O)Nc1cccc(OCCc2ccccc2)c1. The first-order valence-corrected chi connectivity index (χ1v) is 11.4. The molecule has 2 atom stereocenters. The number of hydrogen-bond acceptors (Lipinski definition) is 3. The maximum Gasteiger partial charge on any atom is 0.265 e. The fourth-order valence-corrected chi connectivity index (χ4v) is 3.51. The smallest absolute Gasteiger partial charge is 0.265 e. The Kier molecular flexibility index (Phi) is 8.73. The van der Waals surface area contributed by atoms with E-state index in [9.17, 15) is 4.79 Å². The molecule has 4 heteroatoms. The van der Waals surface area contributed by atoms with E-state index in [0.29, 0.717) is 24.6 Å². The average Bonchev–Trinajstić information content (AvgIpc) is 2.83. The zero-order valence-electron chi connectivity index (χ0n) is 19.2. The van der Waals surface area contributed by atoms with Gasteiger partial charge < -0.3 is 14.8 Å². The standard InChI is InChI=1S/C28H33NO3/c1-4-21(3)25-16-9-10-17-27(25)32-26(5-2)28(30)29-23-14-11-15-24(20-23)31-19-18-22-12-7-6-8-13-22/h6-17,20-21,26H,4-5,18-19H2,1-3H3,(H,29,30). The monoisotopic (exact) mass is 431 g/mol. The predicted molar refractivity (Wildman–Crippen MR) is 131 cm³/mol. The van der Waals surface area contributed by atoms with Gasteiger partial charge in [0.1, 0.15) is 11.5 Å². The third kappa shape index (κ3) is 6.61. The van der Waals surface area contributed by atoms with Crippen molar-refractivity contribution in [1.82, 2.24) is 0 Å². The Hall–Kier alpha value is -3.27. The Bertz CT molecular complexity index is 987. The van der Waals surface area contributed by atoms with E-state index in [2.05, 4.69) is 37.4 Å². The van der Waals surface area contributed by atoms with Crippen LogP contribution in [0, 0.1) is 0 Å². The number of carbonyl (C=O) groups is 1. The number of anilines is 1. The second-order valence-electron chi connectivity index (χ2n) is 7.96. The minimum absolute atomic E-state index is 0.159. The minimum Gasteiger partial charge on any atom is -0.493 e. The Morgan fingerprint density at radius 1 is 0.906 bits per heavy atom. The Balaban J connectivity index is 1.60. The third-order valence-electron chi connectivity index (χ3n) is 5.60. The van der Waals surface area contributed by atoms with Crippen molar-refractivity contribution < 1.29 is 14.3 Å². The summed E-state index contributed by atoms with van der Waals surface area (Å²) in [6.07, 6.45) is 1.86. The summed E-state index contributed by atoms with van der Waals surface area (Å²) < 4.78 is 12.0. The summed E-state index contributed by atoms with van der Waals surface area (Å²) in [6, 6.07) is 25.7. The van der Waals surface area contributed by atoms with Crippen LogP contribution in [0.2, 0.25) is 0 Å². The summed E-state index contributed by atoms with van der Waals surface area (Å²) in [5.41, 5.74) is 3.07. The molecule has 0 aliphatic carbocycles. The number of nitrogens with one attached hydrogen (secondary N) is 1. The lowest BCUT2D eigenvalue weighted by atomic mass is 9.98. The fraction of sp³-hybridized carbons (Fsp3) is 0.321. The molecule has 1 amide bonds. The highest BCUT2D eigenvalue weighted by Crippen LogP contribution is 2.29. The third-order valence-corrected chi connectivity index (χ3v) is 5.60. The van der Waals surface area contributed by atoms with Gasteiger partial charge in [0.2, 0.25) is 0 Å². The largest absolute Gasteiger partial charge is 0.493 e. The molecule has 0 aliphatic rings. The van der Waals surface area contributed by atoms with Crippen molar-refractivity contribution in [2.75, 3.05) is 11.9 Å². The Morgan fingerprint density at radius 3 is 2.41 bits per heavy atom. The number of amides is 1. The van der Waals surface area contributed by atoms with E-state index in [-0.39, 0.29) is 5.91 Å². The molecule has 3 rings (SSSR count). The minimum atomic E-state index is -0.567. The average molecular weight is 432 g/mol. The highest BCUT2D eigenvalue weighted by molar-refractivity contribution is 5.94. The summed E-state index contributed by atoms with van der Waals surface area (Å²) in [6.45, 7) is 6.86. The molecule has 0 aromatic heterocycles. The molecule has 4 nitrogen and oxygen atoms in total. The number of benzene rings is 3. The van der Waals surface area contributed by atoms with Gasteiger partial charge in [-0.05, 0) is 48.1 Å². The van der Waals surface area contributed by atoms with Gasteiger partial charge in [0, 0.05) is 18.2 Å². The highest BCUT2D eigenvalue weighted by atomic mass is 16.5. The van der Waals surface area contributed by atoms with E-state index in [1.54, 1.807) is 0 Å². The lowest BCUT2D eigenvalue weighted by Gasteiger charge is -2.21. The topological polar surface area (TPSA) is 47.6 Å². The lowest BCUT2D eigenvalue weighted by molar-refractivity contribution is -0.122. The summed E-state index contributed by atoms with van der Waals surface area (Å²) in [7, 11) is 0. The van der Waals surface area contributed by atoms with E-state index in [1.807, 2.05) is 67.6 Å². The van der Waals surface area contributed by atoms with Crippen LogP contribution in [0.1, 0.15) is 50.7 Å². The van der Waals surface area contributed by atoms with Crippen LogP contribution < -0.4 is 14.8 Å². The van der Waals surface area contributed by atoms with Crippen LogP contribution in [-0.2, 0) is 11.2 Å². The Labute approximate surface area is 191 Å². The maximum atomic E-state index is 12.9. The number of para-hydroxylation sites is 1. The summed E-state index contributed by atoms with van der Waals surface area (Å²) >= 11 is 0. The van der Waals surface area contributed by atoms with E-state index >= 15 is 0 Å². The van der Waals surface area contributed by atoms with Crippen LogP contribution in [0.5, 0.6) is 11.5 Å². The molecule has 0 spiro atoms. The van der Waals surface area contributed by atoms with Crippen molar-refractivity contribution in [3.8, 4) is 11.5 Å². The van der Waals surface area contributed by atoms with Crippen LogP contribution >= 0.6 is 0 Å². The Morgan fingerprint density at radius 2 is 1.66 bits per heavy atom. The fourth-order valence-electron chi connectivity index (χ4n) is 3.51. The quantitative estimate of drug-likeness (QED) is 0.371. The van der Waals surface area contributed by atoms with Gasteiger partial charge in [-0.1, -0.05) is 75.4 Å². The highest BCUT2D eigenvalue weighted by Gasteiger charge is 2.21. The van der Waals surface area contributed by atoms with Gasteiger partial charge in [0.05, 0.1) is 6.61 Å². The molecule has 3 aromatic rings. The number of hydrogen-bond donors (Lipinski definition) is 1. The molecule has 0 saturated heterocycles. The molecule has 3 aromatic carbocycles. The van der Waals surface area contributed by atoms with Crippen molar-refractivity contribution >= 4 is 11.6 Å². The molecule has 168 valence electrons. The number of rotatable bonds is 11. The molecule has 0 aliphatic heterocycles. The lowest BCUT2D eigenvalue weighted by Crippen LogP contribution is -2.32. The molecule has 0 radical (unpaired) electrons. The van der Waals surface area contributed by atoms with Crippen LogP contribution in [-0.4, -0.2) is 18.6 Å². The summed E-state index contributed by atoms with van der Waals surface area (Å²) in [5, 5.41) is 2.98. The van der Waals surface area contributed by atoms with Crippen LogP contribution in [0.25, 0.3) is 0 Å². The summed E-state index contributed by atoms with van der Waals surface area (Å²) in [5.74, 6) is 1.72. The zero-order valence-corrected chi connectivity index (χ0v) is 19.2. The van der Waals surface area contributed by atoms with Crippen molar-refractivity contribution in [3.63, 3.8) is 0 Å². The van der Waals surface area contributed by atoms with Crippen molar-refractivity contribution in [2.24, 2.45) is 0 Å². The second kappa shape index (κ2) is 11.9. The van der Waals surface area contributed by atoms with E-state index in [1.165, 1.54) is 5.56 Å². The van der Waals surface area contributed by atoms with Gasteiger partial charge in [0.25, 0.3) is 5.91 Å². The first kappa shape index (κ1) is 23.4. The van der Waals surface area contributed by atoms with Crippen LogP contribution in [0.4, 0.5) is 5.69 Å². The second-order valence-corrected chi connectivity index (χ2v) is 7.96. The van der Waals surface area contributed by atoms with Crippen molar-refractivity contribution in [1.29, 1.82) is 0 Å². The molecule has 1 N–H and O–H groups in total. The molecule has 0 saturated carbocycles. The van der Waals surface area contributed by atoms with E-state index in [4.69, 9.17) is 9.47 Å². The normalized spacial score (nSPS) is 12.6. The van der Waals surface area contributed by atoms with Crippen molar-refractivity contribution in [3.05, 3.63) is 90.0 Å². The molecule has 2 unspecified atom stereocenters. The van der Waals surface area contributed by atoms with E-state index < -0.39 is 6.10 Å². The molecular weight excluding hydrogens is 398 g/mol. The summed E-state index contributed by atoms with van der Waals surface area (Å²) in [4.78, 5) is 12.9. The van der Waals surface area contributed by atoms with E-state index in [0.717, 1.165) is 29.9 Å². The predicted octanol–water partition coefficient (Wildman–Crippen LogP) is 6.62. The van der Waals surface area contributed by atoms with Gasteiger partial charge in [-0.25, -0.2) is 0 Å². The molecule has 32 heavy (non-hydrogen) atoms. The van der Waals surface area contributed by atoms with Crippen LogP contribution in [0.15, 0.2) is 78.9 Å². The van der Waals surface area contributed by atoms with Crippen LogP contribution in [0.3, 0.4) is 0 Å². The number of ether oxygens (including phenoxy) is 2. The van der Waals surface area contributed by atoms with Gasteiger partial charge in [-0.2, -0.15) is 0 Å². The van der Waals surface area contributed by atoms with Gasteiger partial charge >= 0.3 is 0 Å². The van der Waals surface area contributed by atoms with Gasteiger partial charge in [-0.15, -0.1) is 0 Å². The van der Waals surface area contributed by atoms with Gasteiger partial charge in [-0.3, -0.25) is 4.79 Å². The zero-order chi connectivity index (χ0) is 22.8. The first-order valence-electron chi connectivity index (χ1n) is 11.4.